The summed E-state index contributed by atoms with van der Waals surface area (Å²) in [5.74, 6) is 0.890. The fraction of sp³-hybridized carbons (Fsp3) is 0.222. The molecule has 0 spiro atoms. The van der Waals surface area contributed by atoms with Crippen LogP contribution in [-0.4, -0.2) is 33.3 Å². The molecule has 1 unspecified atom stereocenters. The SMILES string of the molecule is O=S(O)Nc1ncc(CCCn2cnc3c(NCc4ccccc4)nc(F)nc32)o1. The zero-order valence-electron chi connectivity index (χ0n) is 15.7. The predicted molar refractivity (Wildman–Crippen MR) is 108 cm³/mol. The number of halogens is 1. The van der Waals surface area contributed by atoms with Crippen LogP contribution < -0.4 is 10.0 Å². The molecule has 0 radical (unpaired) electrons. The second-order valence-electron chi connectivity index (χ2n) is 6.38. The lowest BCUT2D eigenvalue weighted by Crippen LogP contribution is -2.06. The van der Waals surface area contributed by atoms with Gasteiger partial charge in [0, 0.05) is 19.5 Å². The van der Waals surface area contributed by atoms with Crippen LogP contribution in [0.3, 0.4) is 0 Å². The van der Waals surface area contributed by atoms with E-state index < -0.39 is 17.3 Å². The molecule has 3 aromatic heterocycles. The second kappa shape index (κ2) is 8.97. The first kappa shape index (κ1) is 19.9. The Labute approximate surface area is 173 Å². The predicted octanol–water partition coefficient (Wildman–Crippen LogP) is 2.75. The molecule has 1 aromatic carbocycles. The lowest BCUT2D eigenvalue weighted by atomic mass is 10.2. The van der Waals surface area contributed by atoms with Gasteiger partial charge in [-0.15, -0.1) is 0 Å². The summed E-state index contributed by atoms with van der Waals surface area (Å²) in [5.41, 5.74) is 1.92. The molecule has 0 bridgehead atoms. The zero-order valence-corrected chi connectivity index (χ0v) is 16.5. The number of benzene rings is 1. The van der Waals surface area contributed by atoms with Gasteiger partial charge in [0.2, 0.25) is 0 Å². The topological polar surface area (TPSA) is 131 Å². The van der Waals surface area contributed by atoms with Crippen molar-refractivity contribution in [1.82, 2.24) is 24.5 Å². The van der Waals surface area contributed by atoms with Crippen molar-refractivity contribution in [3.63, 3.8) is 0 Å². The fourth-order valence-corrected chi connectivity index (χ4v) is 3.20. The molecule has 0 aliphatic heterocycles. The monoisotopic (exact) mass is 431 g/mol. The molecule has 0 aliphatic rings. The van der Waals surface area contributed by atoms with Crippen LogP contribution in [0.15, 0.2) is 47.3 Å². The third-order valence-corrected chi connectivity index (χ3v) is 4.64. The number of nitrogens with one attached hydrogen (secondary N) is 2. The van der Waals surface area contributed by atoms with Crippen LogP contribution >= 0.6 is 0 Å². The summed E-state index contributed by atoms with van der Waals surface area (Å²) in [6, 6.07) is 9.68. The minimum Gasteiger partial charge on any atom is -0.428 e. The number of oxazole rings is 1. The number of hydrogen-bond donors (Lipinski definition) is 3. The van der Waals surface area contributed by atoms with E-state index in [0.29, 0.717) is 48.7 Å². The van der Waals surface area contributed by atoms with Crippen LogP contribution in [0.2, 0.25) is 0 Å². The molecular weight excluding hydrogens is 413 g/mol. The van der Waals surface area contributed by atoms with E-state index in [0.717, 1.165) is 5.56 Å². The summed E-state index contributed by atoms with van der Waals surface area (Å²) in [7, 11) is 0. The number of fused-ring (bicyclic) bond motifs is 1. The Morgan fingerprint density at radius 3 is 2.83 bits per heavy atom. The van der Waals surface area contributed by atoms with Crippen LogP contribution in [0.1, 0.15) is 17.7 Å². The summed E-state index contributed by atoms with van der Waals surface area (Å²) in [6.07, 6.45) is 3.41. The maximum absolute atomic E-state index is 14.0. The molecule has 0 fully saturated rings. The van der Waals surface area contributed by atoms with E-state index >= 15 is 0 Å². The highest BCUT2D eigenvalue weighted by Gasteiger charge is 2.14. The molecule has 10 nitrogen and oxygen atoms in total. The Morgan fingerprint density at radius 1 is 1.20 bits per heavy atom. The van der Waals surface area contributed by atoms with Crippen molar-refractivity contribution < 1.29 is 17.6 Å². The first-order valence-electron chi connectivity index (χ1n) is 9.07. The van der Waals surface area contributed by atoms with Gasteiger partial charge in [-0.2, -0.15) is 14.4 Å². The van der Waals surface area contributed by atoms with Gasteiger partial charge in [-0.3, -0.25) is 4.55 Å². The third-order valence-electron chi connectivity index (χ3n) is 4.29. The quantitative estimate of drug-likeness (QED) is 0.272. The van der Waals surface area contributed by atoms with Crippen LogP contribution in [0, 0.1) is 6.08 Å². The standard InChI is InChI=1S/C18H18FN7O3S/c19-17-23-15(20-9-12-5-2-1-3-6-12)14-16(24-17)26(11-22-14)8-4-7-13-10-21-18(29-13)25-30(27)28/h1-3,5-6,10-11H,4,7-9H2,(H,21,25)(H,27,28)(H,20,23,24). The summed E-state index contributed by atoms with van der Waals surface area (Å²) >= 11 is -2.24. The molecule has 3 N–H and O–H groups in total. The van der Waals surface area contributed by atoms with Crippen molar-refractivity contribution in [3.8, 4) is 0 Å². The molecule has 3 heterocycles. The van der Waals surface area contributed by atoms with E-state index in [1.807, 2.05) is 30.3 Å². The molecule has 1 atom stereocenters. The molecule has 0 aliphatic carbocycles. The largest absolute Gasteiger partial charge is 0.428 e. The van der Waals surface area contributed by atoms with E-state index in [2.05, 4.69) is 30.0 Å². The van der Waals surface area contributed by atoms with Crippen LogP contribution in [0.4, 0.5) is 16.2 Å². The van der Waals surface area contributed by atoms with Crippen molar-refractivity contribution in [3.05, 3.63) is 60.3 Å². The number of hydrogen-bond acceptors (Lipinski definition) is 7. The van der Waals surface area contributed by atoms with Gasteiger partial charge < -0.3 is 14.3 Å². The molecule has 4 rings (SSSR count). The second-order valence-corrected chi connectivity index (χ2v) is 7.08. The van der Waals surface area contributed by atoms with Crippen molar-refractivity contribution in [1.29, 1.82) is 0 Å². The zero-order chi connectivity index (χ0) is 20.9. The Kier molecular flexibility index (Phi) is 5.95. The summed E-state index contributed by atoms with van der Waals surface area (Å²) < 4.78 is 42.7. The average Bonchev–Trinajstić information content (AvgIpc) is 3.33. The van der Waals surface area contributed by atoms with Crippen LogP contribution in [0.25, 0.3) is 11.2 Å². The molecule has 12 heteroatoms. The van der Waals surface area contributed by atoms with Gasteiger partial charge in [-0.25, -0.2) is 18.9 Å². The normalized spacial score (nSPS) is 12.2. The van der Waals surface area contributed by atoms with Crippen LogP contribution in [-0.2, 0) is 30.8 Å². The summed E-state index contributed by atoms with van der Waals surface area (Å²) in [6.45, 7) is 1.00. The first-order valence-corrected chi connectivity index (χ1v) is 10.2. The number of anilines is 2. The number of imidazole rings is 1. The Hall–Kier alpha value is -3.38. The smallest absolute Gasteiger partial charge is 0.312 e. The average molecular weight is 431 g/mol. The molecule has 156 valence electrons. The van der Waals surface area contributed by atoms with E-state index in [1.165, 1.54) is 6.20 Å². The van der Waals surface area contributed by atoms with Crippen molar-refractivity contribution >= 4 is 34.3 Å². The number of nitrogens with zero attached hydrogens (tertiary/aromatic N) is 5. The Morgan fingerprint density at radius 2 is 2.03 bits per heavy atom. The highest BCUT2D eigenvalue weighted by molar-refractivity contribution is 7.80. The van der Waals surface area contributed by atoms with Crippen molar-refractivity contribution in [2.75, 3.05) is 10.0 Å². The number of aryl methyl sites for hydroxylation is 2. The molecule has 4 aromatic rings. The highest BCUT2D eigenvalue weighted by Crippen LogP contribution is 2.20. The molecule has 0 saturated heterocycles. The number of aromatic nitrogens is 5. The highest BCUT2D eigenvalue weighted by atomic mass is 32.2. The summed E-state index contributed by atoms with van der Waals surface area (Å²) in [4.78, 5) is 15.9. The molecule has 0 amide bonds. The van der Waals surface area contributed by atoms with Gasteiger partial charge in [0.15, 0.2) is 17.0 Å². The number of rotatable bonds is 9. The first-order chi connectivity index (χ1) is 14.6. The molecule has 0 saturated carbocycles. The van der Waals surface area contributed by atoms with Gasteiger partial charge in [0.05, 0.1) is 12.5 Å². The van der Waals surface area contributed by atoms with Gasteiger partial charge in [-0.05, 0) is 12.0 Å². The summed E-state index contributed by atoms with van der Waals surface area (Å²) in [5, 5.41) is 3.12. The lowest BCUT2D eigenvalue weighted by Gasteiger charge is -2.07. The van der Waals surface area contributed by atoms with Gasteiger partial charge in [0.1, 0.15) is 5.76 Å². The van der Waals surface area contributed by atoms with E-state index in [1.54, 1.807) is 10.9 Å². The van der Waals surface area contributed by atoms with Crippen molar-refractivity contribution in [2.24, 2.45) is 0 Å². The van der Waals surface area contributed by atoms with Gasteiger partial charge >= 0.3 is 12.1 Å². The third kappa shape index (κ3) is 4.78. The van der Waals surface area contributed by atoms with Gasteiger partial charge in [-0.1, -0.05) is 30.3 Å². The minimum atomic E-state index is -2.24. The van der Waals surface area contributed by atoms with E-state index in [-0.39, 0.29) is 6.01 Å². The van der Waals surface area contributed by atoms with Crippen LogP contribution in [0.5, 0.6) is 0 Å². The Bertz CT molecular complexity index is 1170. The minimum absolute atomic E-state index is 0.0251. The van der Waals surface area contributed by atoms with Gasteiger partial charge in [0.25, 0.3) is 11.3 Å². The van der Waals surface area contributed by atoms with Crippen molar-refractivity contribution in [2.45, 2.75) is 25.9 Å². The maximum atomic E-state index is 14.0. The molecule has 30 heavy (non-hydrogen) atoms. The fourth-order valence-electron chi connectivity index (χ4n) is 2.95. The molecular formula is C18H18FN7O3S. The lowest BCUT2D eigenvalue weighted by molar-refractivity contribution is 0.498. The van der Waals surface area contributed by atoms with E-state index in [4.69, 9.17) is 8.97 Å². The Balaban J connectivity index is 1.43. The van der Waals surface area contributed by atoms with E-state index in [9.17, 15) is 8.60 Å². The maximum Gasteiger partial charge on any atom is 0.312 e.